The van der Waals surface area contributed by atoms with Crippen molar-refractivity contribution in [1.29, 1.82) is 0 Å². The zero-order valence-electron chi connectivity index (χ0n) is 15.2. The Labute approximate surface area is 152 Å². The lowest BCUT2D eigenvalue weighted by molar-refractivity contribution is -0.117. The number of benzene rings is 2. The lowest BCUT2D eigenvalue weighted by atomic mass is 10.0. The lowest BCUT2D eigenvalue weighted by Crippen LogP contribution is -2.36. The Morgan fingerprint density at radius 3 is 2.62 bits per heavy atom. The standard InChI is InChI=1S/C20H23N3O3/c1-12(2)10-16(21)19(24)22-14-6-4-13(5-7-14)20-23-17-9-8-15(25-3)11-18(17)26-20/h4-9,11-12,16H,10,21H2,1-3H3,(H,22,24)/t16-/m0/s1. The van der Waals surface area contributed by atoms with E-state index in [0.717, 1.165) is 16.8 Å². The fourth-order valence-corrected chi connectivity index (χ4v) is 2.70. The summed E-state index contributed by atoms with van der Waals surface area (Å²) >= 11 is 0. The molecule has 136 valence electrons. The molecular formula is C20H23N3O3. The van der Waals surface area contributed by atoms with Gasteiger partial charge in [-0.1, -0.05) is 13.8 Å². The summed E-state index contributed by atoms with van der Waals surface area (Å²) in [4.78, 5) is 16.6. The van der Waals surface area contributed by atoms with Crippen LogP contribution in [0.2, 0.25) is 0 Å². The number of hydrogen-bond donors (Lipinski definition) is 2. The van der Waals surface area contributed by atoms with Gasteiger partial charge in [-0.05, 0) is 48.7 Å². The van der Waals surface area contributed by atoms with Crippen LogP contribution >= 0.6 is 0 Å². The Hall–Kier alpha value is -2.86. The number of carbonyl (C=O) groups excluding carboxylic acids is 1. The number of oxazole rings is 1. The maximum absolute atomic E-state index is 12.1. The molecule has 2 aromatic carbocycles. The minimum atomic E-state index is -0.512. The Morgan fingerprint density at radius 2 is 1.96 bits per heavy atom. The molecule has 0 aliphatic rings. The minimum absolute atomic E-state index is 0.180. The second-order valence-electron chi connectivity index (χ2n) is 6.66. The van der Waals surface area contributed by atoms with E-state index in [4.69, 9.17) is 14.9 Å². The number of anilines is 1. The minimum Gasteiger partial charge on any atom is -0.497 e. The van der Waals surface area contributed by atoms with E-state index in [9.17, 15) is 4.79 Å². The Morgan fingerprint density at radius 1 is 1.23 bits per heavy atom. The van der Waals surface area contributed by atoms with Gasteiger partial charge in [0.1, 0.15) is 11.3 Å². The van der Waals surface area contributed by atoms with Gasteiger partial charge in [0.15, 0.2) is 5.58 Å². The number of nitrogens with one attached hydrogen (secondary N) is 1. The summed E-state index contributed by atoms with van der Waals surface area (Å²) in [6.45, 7) is 4.08. The maximum atomic E-state index is 12.1. The molecule has 0 fully saturated rings. The second kappa shape index (κ2) is 7.58. The van der Waals surface area contributed by atoms with Crippen molar-refractivity contribution in [3.8, 4) is 17.2 Å². The first-order valence-corrected chi connectivity index (χ1v) is 8.57. The predicted molar refractivity (Wildman–Crippen MR) is 102 cm³/mol. The molecule has 6 nitrogen and oxygen atoms in total. The molecule has 3 rings (SSSR count). The Balaban J connectivity index is 1.74. The first-order chi connectivity index (χ1) is 12.5. The van der Waals surface area contributed by atoms with Crippen molar-refractivity contribution >= 4 is 22.7 Å². The molecule has 0 unspecified atom stereocenters. The number of hydrogen-bond acceptors (Lipinski definition) is 5. The molecule has 0 saturated heterocycles. The van der Waals surface area contributed by atoms with Crippen molar-refractivity contribution in [3.05, 3.63) is 42.5 Å². The molecule has 0 spiro atoms. The Bertz CT molecular complexity index is 900. The monoisotopic (exact) mass is 353 g/mol. The lowest BCUT2D eigenvalue weighted by Gasteiger charge is -2.14. The number of nitrogens with two attached hydrogens (primary N) is 1. The summed E-state index contributed by atoms with van der Waals surface area (Å²) in [5, 5.41) is 2.84. The van der Waals surface area contributed by atoms with E-state index in [-0.39, 0.29) is 5.91 Å². The van der Waals surface area contributed by atoms with Gasteiger partial charge in [0.2, 0.25) is 11.8 Å². The molecule has 0 aliphatic heterocycles. The highest BCUT2D eigenvalue weighted by molar-refractivity contribution is 5.94. The quantitative estimate of drug-likeness (QED) is 0.703. The number of carbonyl (C=O) groups is 1. The number of amides is 1. The van der Waals surface area contributed by atoms with Crippen LogP contribution in [0.25, 0.3) is 22.6 Å². The van der Waals surface area contributed by atoms with Crippen LogP contribution in [0, 0.1) is 5.92 Å². The van der Waals surface area contributed by atoms with Gasteiger partial charge in [-0.3, -0.25) is 4.79 Å². The summed E-state index contributed by atoms with van der Waals surface area (Å²) in [6, 6.07) is 12.3. The molecule has 26 heavy (non-hydrogen) atoms. The van der Waals surface area contributed by atoms with Crippen LogP contribution in [0.4, 0.5) is 5.69 Å². The zero-order valence-corrected chi connectivity index (χ0v) is 15.2. The molecule has 0 radical (unpaired) electrons. The van der Waals surface area contributed by atoms with E-state index < -0.39 is 6.04 Å². The molecule has 1 amide bonds. The van der Waals surface area contributed by atoms with Crippen molar-refractivity contribution in [2.24, 2.45) is 11.7 Å². The average Bonchev–Trinajstić information content (AvgIpc) is 3.04. The maximum Gasteiger partial charge on any atom is 0.241 e. The third kappa shape index (κ3) is 4.03. The molecule has 3 N–H and O–H groups in total. The van der Waals surface area contributed by atoms with Crippen molar-refractivity contribution in [2.45, 2.75) is 26.3 Å². The fourth-order valence-electron chi connectivity index (χ4n) is 2.70. The molecular weight excluding hydrogens is 330 g/mol. The third-order valence-electron chi connectivity index (χ3n) is 4.06. The van der Waals surface area contributed by atoms with Crippen LogP contribution in [0.3, 0.4) is 0 Å². The SMILES string of the molecule is COc1ccc2nc(-c3ccc(NC(=O)[C@@H](N)CC(C)C)cc3)oc2c1. The number of ether oxygens (including phenoxy) is 1. The van der Waals surface area contributed by atoms with E-state index in [1.807, 2.05) is 50.2 Å². The van der Waals surface area contributed by atoms with Crippen LogP contribution in [-0.2, 0) is 4.79 Å². The first-order valence-electron chi connectivity index (χ1n) is 8.57. The highest BCUT2D eigenvalue weighted by Crippen LogP contribution is 2.27. The van der Waals surface area contributed by atoms with Gasteiger partial charge >= 0.3 is 0 Å². The van der Waals surface area contributed by atoms with Gasteiger partial charge in [-0.15, -0.1) is 0 Å². The molecule has 0 bridgehead atoms. The number of rotatable bonds is 6. The van der Waals surface area contributed by atoms with E-state index in [2.05, 4.69) is 10.3 Å². The third-order valence-corrected chi connectivity index (χ3v) is 4.06. The number of methoxy groups -OCH3 is 1. The van der Waals surface area contributed by atoms with Crippen molar-refractivity contribution in [2.75, 3.05) is 12.4 Å². The van der Waals surface area contributed by atoms with Gasteiger partial charge < -0.3 is 20.2 Å². The van der Waals surface area contributed by atoms with Crippen molar-refractivity contribution in [3.63, 3.8) is 0 Å². The van der Waals surface area contributed by atoms with Crippen LogP contribution in [0.5, 0.6) is 5.75 Å². The number of fused-ring (bicyclic) bond motifs is 1. The van der Waals surface area contributed by atoms with E-state index in [1.165, 1.54) is 0 Å². The number of nitrogens with zero attached hydrogens (tertiary/aromatic N) is 1. The summed E-state index contributed by atoms with van der Waals surface area (Å²) in [7, 11) is 1.61. The molecule has 6 heteroatoms. The van der Waals surface area contributed by atoms with Crippen LogP contribution in [-0.4, -0.2) is 24.0 Å². The normalized spacial score (nSPS) is 12.3. The zero-order chi connectivity index (χ0) is 18.7. The van der Waals surface area contributed by atoms with Gasteiger partial charge in [-0.25, -0.2) is 4.98 Å². The first kappa shape index (κ1) is 17.9. The van der Waals surface area contributed by atoms with E-state index >= 15 is 0 Å². The van der Waals surface area contributed by atoms with Gasteiger partial charge in [0, 0.05) is 17.3 Å². The molecule has 1 atom stereocenters. The molecule has 0 aliphatic carbocycles. The average molecular weight is 353 g/mol. The van der Waals surface area contributed by atoms with Crippen molar-refractivity contribution < 1.29 is 13.9 Å². The van der Waals surface area contributed by atoms with Gasteiger partial charge in [0.25, 0.3) is 0 Å². The smallest absolute Gasteiger partial charge is 0.241 e. The highest BCUT2D eigenvalue weighted by atomic mass is 16.5. The molecule has 1 heterocycles. The van der Waals surface area contributed by atoms with Crippen LogP contribution < -0.4 is 15.8 Å². The summed E-state index contributed by atoms with van der Waals surface area (Å²) in [5.41, 5.74) is 8.85. The summed E-state index contributed by atoms with van der Waals surface area (Å²) < 4.78 is 11.0. The van der Waals surface area contributed by atoms with Gasteiger partial charge in [-0.2, -0.15) is 0 Å². The molecule has 0 saturated carbocycles. The summed E-state index contributed by atoms with van der Waals surface area (Å²) in [6.07, 6.45) is 0.649. The Kier molecular flexibility index (Phi) is 5.23. The predicted octanol–water partition coefficient (Wildman–Crippen LogP) is 3.82. The van der Waals surface area contributed by atoms with Gasteiger partial charge in [0.05, 0.1) is 13.2 Å². The molecule has 3 aromatic rings. The largest absolute Gasteiger partial charge is 0.497 e. The van der Waals surface area contributed by atoms with E-state index in [1.54, 1.807) is 13.2 Å². The number of aromatic nitrogens is 1. The highest BCUT2D eigenvalue weighted by Gasteiger charge is 2.15. The molecule has 1 aromatic heterocycles. The fraction of sp³-hybridized carbons (Fsp3) is 0.300. The summed E-state index contributed by atoms with van der Waals surface area (Å²) in [5.74, 6) is 1.43. The van der Waals surface area contributed by atoms with E-state index in [0.29, 0.717) is 29.5 Å². The van der Waals surface area contributed by atoms with Crippen LogP contribution in [0.1, 0.15) is 20.3 Å². The second-order valence-corrected chi connectivity index (χ2v) is 6.66. The van der Waals surface area contributed by atoms with Crippen LogP contribution in [0.15, 0.2) is 46.9 Å². The van der Waals surface area contributed by atoms with Crippen molar-refractivity contribution in [1.82, 2.24) is 4.98 Å². The topological polar surface area (TPSA) is 90.4 Å².